The minimum absolute atomic E-state index is 0.306. The summed E-state index contributed by atoms with van der Waals surface area (Å²) in [6.45, 7) is 4.05. The van der Waals surface area contributed by atoms with Crippen LogP contribution in [0.1, 0.15) is 42.4 Å². The van der Waals surface area contributed by atoms with E-state index in [1.807, 2.05) is 36.9 Å². The van der Waals surface area contributed by atoms with E-state index in [2.05, 4.69) is 10.3 Å². The molecule has 0 amide bonds. The van der Waals surface area contributed by atoms with Gasteiger partial charge in [-0.3, -0.25) is 0 Å². The van der Waals surface area contributed by atoms with Gasteiger partial charge in [-0.15, -0.1) is 0 Å². The molecule has 1 fully saturated rings. The molecule has 1 heterocycles. The lowest BCUT2D eigenvalue weighted by Crippen LogP contribution is -2.52. The molecular weight excluding hydrogens is 395 g/mol. The summed E-state index contributed by atoms with van der Waals surface area (Å²) >= 11 is 5.54. The molecule has 2 aromatic carbocycles. The van der Waals surface area contributed by atoms with Crippen molar-refractivity contribution in [2.45, 2.75) is 51.2 Å². The minimum atomic E-state index is -4.40. The maximum atomic E-state index is 13.3. The monoisotopic (exact) mass is 417 g/mol. The van der Waals surface area contributed by atoms with Crippen LogP contribution in [0.15, 0.2) is 47.5 Å². The average Bonchev–Trinajstić information content (AvgIpc) is 3.23. The Morgan fingerprint density at radius 3 is 2.28 bits per heavy atom. The third-order valence-corrected chi connectivity index (χ3v) is 6.13. The summed E-state index contributed by atoms with van der Waals surface area (Å²) in [6.07, 6.45) is -0.863. The molecule has 0 saturated heterocycles. The zero-order chi connectivity index (χ0) is 20.8. The molecule has 1 spiro atoms. The minimum Gasteiger partial charge on any atom is -0.341 e. The highest BCUT2D eigenvalue weighted by molar-refractivity contribution is 7.80. The number of aliphatic imine (C=N–C) groups is 1. The van der Waals surface area contributed by atoms with Crippen LogP contribution in [-0.4, -0.2) is 16.5 Å². The lowest BCUT2D eigenvalue weighted by atomic mass is 9.93. The van der Waals surface area contributed by atoms with Gasteiger partial charge in [0.2, 0.25) is 5.11 Å². The molecule has 1 saturated carbocycles. The molecule has 7 heteroatoms. The number of para-hydroxylation sites is 1. The van der Waals surface area contributed by atoms with Gasteiger partial charge in [-0.25, -0.2) is 4.99 Å². The quantitative estimate of drug-likeness (QED) is 0.585. The molecule has 0 unspecified atom stereocenters. The number of amidine groups is 1. The topological polar surface area (TPSA) is 27.6 Å². The van der Waals surface area contributed by atoms with Gasteiger partial charge in [0.25, 0.3) is 0 Å². The first-order chi connectivity index (χ1) is 13.7. The predicted molar refractivity (Wildman–Crippen MR) is 115 cm³/mol. The normalized spacial score (nSPS) is 18.4. The van der Waals surface area contributed by atoms with Gasteiger partial charge in [0, 0.05) is 11.4 Å². The standard InChI is InChI=1S/C22H22F3N3S/c1-14-7-5-8-15(2)18(14)26-19-21(11-3-4-12-21)28(20(29)27-19)17-10-6-9-16(13-17)22(23,24)25/h5-10,13H,3-4,11-12H2,1-2H3,(H,26,27,29). The van der Waals surface area contributed by atoms with Crippen LogP contribution in [0.2, 0.25) is 0 Å². The van der Waals surface area contributed by atoms with Crippen molar-refractivity contribution >= 4 is 34.5 Å². The Bertz CT molecular complexity index is 971. The Hall–Kier alpha value is -2.41. The number of rotatable bonds is 2. The fourth-order valence-corrected chi connectivity index (χ4v) is 4.78. The fourth-order valence-electron chi connectivity index (χ4n) is 4.41. The van der Waals surface area contributed by atoms with Crippen molar-refractivity contribution in [3.05, 3.63) is 59.2 Å². The van der Waals surface area contributed by atoms with E-state index in [1.165, 1.54) is 12.1 Å². The highest BCUT2D eigenvalue weighted by Crippen LogP contribution is 2.44. The lowest BCUT2D eigenvalue weighted by Gasteiger charge is -2.37. The van der Waals surface area contributed by atoms with E-state index in [0.717, 1.165) is 54.4 Å². The van der Waals surface area contributed by atoms with Crippen LogP contribution in [0.5, 0.6) is 0 Å². The Morgan fingerprint density at radius 2 is 1.66 bits per heavy atom. The van der Waals surface area contributed by atoms with E-state index in [-0.39, 0.29) is 0 Å². The van der Waals surface area contributed by atoms with Crippen LogP contribution < -0.4 is 10.2 Å². The second-order valence-corrected chi connectivity index (χ2v) is 8.12. The van der Waals surface area contributed by atoms with E-state index in [4.69, 9.17) is 12.2 Å². The van der Waals surface area contributed by atoms with Gasteiger partial charge in [0.05, 0.1) is 5.56 Å². The highest BCUT2D eigenvalue weighted by atomic mass is 32.1. The summed E-state index contributed by atoms with van der Waals surface area (Å²) in [5.74, 6) is 0.731. The van der Waals surface area contributed by atoms with Crippen molar-refractivity contribution in [3.8, 4) is 0 Å². The molecule has 2 aliphatic rings. The number of nitrogens with zero attached hydrogens (tertiary/aromatic N) is 2. The molecule has 0 aromatic heterocycles. The summed E-state index contributed by atoms with van der Waals surface area (Å²) in [6, 6.07) is 11.4. The van der Waals surface area contributed by atoms with Crippen molar-refractivity contribution in [2.24, 2.45) is 4.99 Å². The van der Waals surface area contributed by atoms with Gasteiger partial charge in [-0.2, -0.15) is 13.2 Å². The number of aryl methyl sites for hydroxylation is 2. The number of halogens is 3. The first kappa shape index (κ1) is 19.9. The van der Waals surface area contributed by atoms with Gasteiger partial charge in [-0.05, 0) is 68.2 Å². The Labute approximate surface area is 173 Å². The SMILES string of the molecule is Cc1cccc(C)c1NC1=NC(=S)N(c2cccc(C(F)(F)F)c2)C12CCCC2. The molecule has 1 aliphatic carbocycles. The van der Waals surface area contributed by atoms with Crippen LogP contribution in [-0.2, 0) is 6.18 Å². The van der Waals surface area contributed by atoms with Gasteiger partial charge in [0.1, 0.15) is 11.4 Å². The summed E-state index contributed by atoms with van der Waals surface area (Å²) in [5.41, 5.74) is 2.38. The van der Waals surface area contributed by atoms with Gasteiger partial charge < -0.3 is 10.2 Å². The van der Waals surface area contributed by atoms with Crippen LogP contribution in [0.3, 0.4) is 0 Å². The molecule has 29 heavy (non-hydrogen) atoms. The van der Waals surface area contributed by atoms with E-state index >= 15 is 0 Å². The Morgan fingerprint density at radius 1 is 1.03 bits per heavy atom. The molecule has 0 atom stereocenters. The smallest absolute Gasteiger partial charge is 0.341 e. The van der Waals surface area contributed by atoms with Crippen molar-refractivity contribution in [1.82, 2.24) is 0 Å². The number of anilines is 2. The number of hydrogen-bond donors (Lipinski definition) is 1. The largest absolute Gasteiger partial charge is 0.416 e. The molecule has 0 bridgehead atoms. The van der Waals surface area contributed by atoms with E-state index < -0.39 is 17.3 Å². The molecule has 3 nitrogen and oxygen atoms in total. The molecule has 0 radical (unpaired) electrons. The van der Waals surface area contributed by atoms with E-state index in [9.17, 15) is 13.2 Å². The van der Waals surface area contributed by atoms with Crippen LogP contribution in [0.4, 0.5) is 24.5 Å². The van der Waals surface area contributed by atoms with Crippen molar-refractivity contribution < 1.29 is 13.2 Å². The second kappa shape index (κ2) is 7.13. The van der Waals surface area contributed by atoms with Crippen LogP contribution in [0.25, 0.3) is 0 Å². The molecule has 1 aliphatic heterocycles. The number of benzene rings is 2. The molecule has 1 N–H and O–H groups in total. The predicted octanol–water partition coefficient (Wildman–Crippen LogP) is 6.25. The highest BCUT2D eigenvalue weighted by Gasteiger charge is 2.50. The second-order valence-electron chi connectivity index (χ2n) is 7.76. The number of alkyl halides is 3. The molecule has 2 aromatic rings. The molecule has 152 valence electrons. The molecular formula is C22H22F3N3S. The third-order valence-electron chi connectivity index (χ3n) is 5.85. The van der Waals surface area contributed by atoms with Crippen LogP contribution >= 0.6 is 12.2 Å². The Balaban J connectivity index is 1.76. The van der Waals surface area contributed by atoms with E-state index in [1.54, 1.807) is 6.07 Å². The first-order valence-electron chi connectivity index (χ1n) is 9.66. The van der Waals surface area contributed by atoms with Gasteiger partial charge in [0.15, 0.2) is 0 Å². The number of thiocarbonyl (C=S) groups is 1. The van der Waals surface area contributed by atoms with Crippen LogP contribution in [0, 0.1) is 13.8 Å². The number of nitrogens with one attached hydrogen (secondary N) is 1. The maximum absolute atomic E-state index is 13.3. The zero-order valence-electron chi connectivity index (χ0n) is 16.3. The van der Waals surface area contributed by atoms with Crippen molar-refractivity contribution in [3.63, 3.8) is 0 Å². The summed E-state index contributed by atoms with van der Waals surface area (Å²) < 4.78 is 39.8. The average molecular weight is 418 g/mol. The van der Waals surface area contributed by atoms with Gasteiger partial charge in [-0.1, -0.05) is 37.1 Å². The number of hydrogen-bond acceptors (Lipinski definition) is 2. The van der Waals surface area contributed by atoms with Crippen molar-refractivity contribution in [2.75, 3.05) is 10.2 Å². The molecule has 4 rings (SSSR count). The lowest BCUT2D eigenvalue weighted by molar-refractivity contribution is -0.137. The summed E-state index contributed by atoms with van der Waals surface area (Å²) in [5, 5.41) is 3.79. The van der Waals surface area contributed by atoms with E-state index in [0.29, 0.717) is 10.8 Å². The summed E-state index contributed by atoms with van der Waals surface area (Å²) in [4.78, 5) is 6.45. The first-order valence-corrected chi connectivity index (χ1v) is 10.1. The Kier molecular flexibility index (Phi) is 4.89. The third kappa shape index (κ3) is 3.41. The van der Waals surface area contributed by atoms with Crippen molar-refractivity contribution in [1.29, 1.82) is 0 Å². The van der Waals surface area contributed by atoms with Gasteiger partial charge >= 0.3 is 6.18 Å². The fraction of sp³-hybridized carbons (Fsp3) is 0.364. The zero-order valence-corrected chi connectivity index (χ0v) is 17.1. The maximum Gasteiger partial charge on any atom is 0.416 e. The summed E-state index contributed by atoms with van der Waals surface area (Å²) in [7, 11) is 0.